The summed E-state index contributed by atoms with van der Waals surface area (Å²) in [6.07, 6.45) is 7.06. The van der Waals surface area contributed by atoms with Crippen LogP contribution >= 0.6 is 11.6 Å². The predicted octanol–water partition coefficient (Wildman–Crippen LogP) is 4.29. The third kappa shape index (κ3) is 4.13. The standard InChI is InChI=1S/C19H19ClFN5O2/c1-27-12-3-5-13(6-4-12)28-19-22-9-16-17(26-19)18(24-10-23-16)25-11-2-7-15(21)14(20)8-11/h2,7-10,12-13H,3-6H2,1H3,(H,23,24,25)/t12-,13-. The molecule has 0 aliphatic heterocycles. The van der Waals surface area contributed by atoms with Gasteiger partial charge in [-0.05, 0) is 43.9 Å². The van der Waals surface area contributed by atoms with Gasteiger partial charge in [0, 0.05) is 12.8 Å². The average Bonchev–Trinajstić information content (AvgIpc) is 2.72. The van der Waals surface area contributed by atoms with E-state index in [1.54, 1.807) is 19.4 Å². The number of nitrogens with one attached hydrogen (secondary N) is 1. The molecule has 0 atom stereocenters. The van der Waals surface area contributed by atoms with Gasteiger partial charge in [0.05, 0.1) is 17.3 Å². The Bertz CT molecular complexity index is 982. The van der Waals surface area contributed by atoms with E-state index in [0.717, 1.165) is 25.7 Å². The number of nitrogens with zero attached hydrogens (tertiary/aromatic N) is 4. The number of methoxy groups -OCH3 is 1. The largest absolute Gasteiger partial charge is 0.460 e. The van der Waals surface area contributed by atoms with E-state index >= 15 is 0 Å². The first-order valence-electron chi connectivity index (χ1n) is 9.01. The number of hydrogen-bond donors (Lipinski definition) is 1. The number of hydrogen-bond acceptors (Lipinski definition) is 7. The summed E-state index contributed by atoms with van der Waals surface area (Å²) < 4.78 is 24.7. The molecule has 3 aromatic rings. The van der Waals surface area contributed by atoms with Crippen molar-refractivity contribution >= 4 is 34.1 Å². The molecule has 9 heteroatoms. The first-order valence-corrected chi connectivity index (χ1v) is 9.39. The first-order chi connectivity index (χ1) is 13.6. The molecule has 28 heavy (non-hydrogen) atoms. The molecule has 0 spiro atoms. The number of halogens is 2. The third-order valence-electron chi connectivity index (χ3n) is 4.76. The lowest BCUT2D eigenvalue weighted by molar-refractivity contribution is 0.0301. The molecule has 4 rings (SSSR count). The molecule has 1 saturated carbocycles. The molecule has 0 saturated heterocycles. The maximum atomic E-state index is 13.4. The zero-order valence-corrected chi connectivity index (χ0v) is 16.0. The van der Waals surface area contributed by atoms with Crippen LogP contribution in [0.5, 0.6) is 6.01 Å². The second-order valence-electron chi connectivity index (χ2n) is 6.61. The summed E-state index contributed by atoms with van der Waals surface area (Å²) in [5.74, 6) is -0.0241. The number of fused-ring (bicyclic) bond motifs is 1. The van der Waals surface area contributed by atoms with Crippen LogP contribution in [0.25, 0.3) is 11.0 Å². The van der Waals surface area contributed by atoms with Gasteiger partial charge in [-0.3, -0.25) is 0 Å². The molecule has 1 aliphatic rings. The van der Waals surface area contributed by atoms with Crippen LogP contribution in [0.15, 0.2) is 30.7 Å². The van der Waals surface area contributed by atoms with Gasteiger partial charge in [-0.1, -0.05) is 11.6 Å². The highest BCUT2D eigenvalue weighted by molar-refractivity contribution is 6.31. The van der Waals surface area contributed by atoms with Crippen LogP contribution in [-0.4, -0.2) is 39.3 Å². The van der Waals surface area contributed by atoms with Crippen molar-refractivity contribution in [3.05, 3.63) is 41.6 Å². The second kappa shape index (κ2) is 8.20. The van der Waals surface area contributed by atoms with Crippen LogP contribution in [-0.2, 0) is 4.74 Å². The fourth-order valence-corrected chi connectivity index (χ4v) is 3.41. The second-order valence-corrected chi connectivity index (χ2v) is 7.02. The SMILES string of the molecule is CO[C@H]1CC[C@H](Oc2ncc3ncnc(Nc4ccc(F)c(Cl)c4)c3n2)CC1. The lowest BCUT2D eigenvalue weighted by atomic mass is 9.95. The Balaban J connectivity index is 1.56. The normalized spacial score (nSPS) is 19.5. The van der Waals surface area contributed by atoms with E-state index in [-0.39, 0.29) is 17.1 Å². The Kier molecular flexibility index (Phi) is 5.50. The van der Waals surface area contributed by atoms with Gasteiger partial charge >= 0.3 is 6.01 Å². The van der Waals surface area contributed by atoms with E-state index in [9.17, 15) is 4.39 Å². The van der Waals surface area contributed by atoms with E-state index in [1.165, 1.54) is 18.5 Å². The molecule has 0 unspecified atom stereocenters. The van der Waals surface area contributed by atoms with Gasteiger partial charge in [-0.15, -0.1) is 0 Å². The first kappa shape index (κ1) is 18.8. The van der Waals surface area contributed by atoms with Crippen molar-refractivity contribution in [2.45, 2.75) is 37.9 Å². The van der Waals surface area contributed by atoms with Crippen LogP contribution in [0.2, 0.25) is 5.02 Å². The maximum Gasteiger partial charge on any atom is 0.317 e. The van der Waals surface area contributed by atoms with Crippen molar-refractivity contribution < 1.29 is 13.9 Å². The number of aromatic nitrogens is 4. The van der Waals surface area contributed by atoms with Gasteiger partial charge in [0.2, 0.25) is 0 Å². The molecule has 2 heterocycles. The number of anilines is 2. The van der Waals surface area contributed by atoms with Crippen molar-refractivity contribution in [3.63, 3.8) is 0 Å². The highest BCUT2D eigenvalue weighted by Gasteiger charge is 2.23. The van der Waals surface area contributed by atoms with E-state index in [4.69, 9.17) is 21.1 Å². The minimum atomic E-state index is -0.485. The molecule has 0 bridgehead atoms. The summed E-state index contributed by atoms with van der Waals surface area (Å²) in [6, 6.07) is 4.62. The average molecular weight is 404 g/mol. The van der Waals surface area contributed by atoms with Crippen molar-refractivity contribution in [3.8, 4) is 6.01 Å². The molecule has 1 aromatic carbocycles. The summed E-state index contributed by atoms with van der Waals surface area (Å²) in [5.41, 5.74) is 1.67. The van der Waals surface area contributed by atoms with Gasteiger partial charge in [0.15, 0.2) is 5.82 Å². The third-order valence-corrected chi connectivity index (χ3v) is 5.05. The van der Waals surface area contributed by atoms with Gasteiger partial charge in [0.1, 0.15) is 29.3 Å². The molecule has 7 nitrogen and oxygen atoms in total. The summed E-state index contributed by atoms with van der Waals surface area (Å²) >= 11 is 5.85. The minimum absolute atomic E-state index is 0.0219. The molecule has 2 aromatic heterocycles. The zero-order valence-electron chi connectivity index (χ0n) is 15.2. The van der Waals surface area contributed by atoms with Gasteiger partial charge in [0.25, 0.3) is 0 Å². The van der Waals surface area contributed by atoms with E-state index in [2.05, 4.69) is 25.3 Å². The van der Waals surface area contributed by atoms with Crippen LogP contribution in [0.4, 0.5) is 15.9 Å². The highest BCUT2D eigenvalue weighted by Crippen LogP contribution is 2.27. The fourth-order valence-electron chi connectivity index (χ4n) is 3.23. The van der Waals surface area contributed by atoms with Gasteiger partial charge < -0.3 is 14.8 Å². The van der Waals surface area contributed by atoms with E-state index in [1.807, 2.05) is 0 Å². The summed E-state index contributed by atoms with van der Waals surface area (Å²) in [6.45, 7) is 0. The molecule has 1 N–H and O–H groups in total. The quantitative estimate of drug-likeness (QED) is 0.680. The van der Waals surface area contributed by atoms with Crippen molar-refractivity contribution in [2.24, 2.45) is 0 Å². The van der Waals surface area contributed by atoms with Gasteiger partial charge in [-0.25, -0.2) is 19.3 Å². The van der Waals surface area contributed by atoms with Crippen LogP contribution in [0.1, 0.15) is 25.7 Å². The molecule has 1 fully saturated rings. The van der Waals surface area contributed by atoms with Crippen molar-refractivity contribution in [1.29, 1.82) is 0 Å². The molecular weight excluding hydrogens is 385 g/mol. The fraction of sp³-hybridized carbons (Fsp3) is 0.368. The minimum Gasteiger partial charge on any atom is -0.460 e. The lowest BCUT2D eigenvalue weighted by Crippen LogP contribution is -2.28. The van der Waals surface area contributed by atoms with Crippen LogP contribution < -0.4 is 10.1 Å². The van der Waals surface area contributed by atoms with Gasteiger partial charge in [-0.2, -0.15) is 4.98 Å². The van der Waals surface area contributed by atoms with E-state index in [0.29, 0.717) is 28.6 Å². The van der Waals surface area contributed by atoms with Crippen LogP contribution in [0, 0.1) is 5.82 Å². The Morgan fingerprint density at radius 1 is 1.11 bits per heavy atom. The smallest absolute Gasteiger partial charge is 0.317 e. The molecule has 146 valence electrons. The predicted molar refractivity (Wildman–Crippen MR) is 104 cm³/mol. The van der Waals surface area contributed by atoms with Crippen molar-refractivity contribution in [1.82, 2.24) is 19.9 Å². The van der Waals surface area contributed by atoms with Crippen molar-refractivity contribution in [2.75, 3.05) is 12.4 Å². The lowest BCUT2D eigenvalue weighted by Gasteiger charge is -2.27. The Morgan fingerprint density at radius 2 is 1.89 bits per heavy atom. The highest BCUT2D eigenvalue weighted by atomic mass is 35.5. The molecular formula is C19H19ClFN5O2. The topological polar surface area (TPSA) is 82.0 Å². The molecule has 0 amide bonds. The Hall–Kier alpha value is -2.58. The number of rotatable bonds is 5. The molecule has 1 aliphatic carbocycles. The summed E-state index contributed by atoms with van der Waals surface area (Å²) in [7, 11) is 1.74. The van der Waals surface area contributed by atoms with E-state index < -0.39 is 5.82 Å². The monoisotopic (exact) mass is 403 g/mol. The zero-order chi connectivity index (χ0) is 19.5. The summed E-state index contributed by atoms with van der Waals surface area (Å²) in [4.78, 5) is 17.2. The number of benzene rings is 1. The summed E-state index contributed by atoms with van der Waals surface area (Å²) in [5, 5.41) is 3.12. The Labute approximate surface area is 166 Å². The maximum absolute atomic E-state index is 13.4. The Morgan fingerprint density at radius 3 is 2.64 bits per heavy atom. The van der Waals surface area contributed by atoms with Crippen LogP contribution in [0.3, 0.4) is 0 Å². The molecule has 0 radical (unpaired) electrons. The number of ether oxygens (including phenoxy) is 2.